The first-order valence-electron chi connectivity index (χ1n) is 6.11. The van der Waals surface area contributed by atoms with E-state index in [0.717, 1.165) is 24.7 Å². The molecule has 0 radical (unpaired) electrons. The number of halogens is 1. The van der Waals surface area contributed by atoms with E-state index < -0.39 is 0 Å². The number of aromatic nitrogens is 2. The zero-order valence-electron chi connectivity index (χ0n) is 10.3. The van der Waals surface area contributed by atoms with E-state index in [1.165, 1.54) is 6.42 Å². The maximum absolute atomic E-state index is 5.82. The van der Waals surface area contributed by atoms with Gasteiger partial charge in [-0.3, -0.25) is 0 Å². The van der Waals surface area contributed by atoms with E-state index in [-0.39, 0.29) is 5.28 Å². The molecule has 1 aliphatic rings. The molecular weight excluding hydrogens is 236 g/mol. The first-order chi connectivity index (χ1) is 8.06. The molecule has 1 aliphatic carbocycles. The number of nitrogens with two attached hydrogens (primary N) is 1. The fourth-order valence-electron chi connectivity index (χ4n) is 2.36. The van der Waals surface area contributed by atoms with E-state index >= 15 is 0 Å². The van der Waals surface area contributed by atoms with Gasteiger partial charge in [0.1, 0.15) is 0 Å². The van der Waals surface area contributed by atoms with Crippen molar-refractivity contribution < 1.29 is 0 Å². The summed E-state index contributed by atoms with van der Waals surface area (Å²) in [6.07, 6.45) is 5.11. The third kappa shape index (κ3) is 3.00. The summed E-state index contributed by atoms with van der Waals surface area (Å²) < 4.78 is 0. The predicted molar refractivity (Wildman–Crippen MR) is 71.0 cm³/mol. The van der Waals surface area contributed by atoms with Gasteiger partial charge in [0.25, 0.3) is 0 Å². The molecule has 1 aromatic heterocycles. The minimum atomic E-state index is 0.235. The van der Waals surface area contributed by atoms with Crippen LogP contribution in [0.25, 0.3) is 0 Å². The Morgan fingerprint density at radius 2 is 2.12 bits per heavy atom. The Labute approximate surface area is 107 Å². The fourth-order valence-corrected chi connectivity index (χ4v) is 2.49. The molecular formula is C12H19ClN4. The molecule has 0 bridgehead atoms. The zero-order valence-corrected chi connectivity index (χ0v) is 11.0. The SMILES string of the molecule is CC1CCC(Nc2nc(Cl)ncc2N)CC1C. The number of hydrogen-bond acceptors (Lipinski definition) is 4. The largest absolute Gasteiger partial charge is 0.394 e. The number of nitrogens with one attached hydrogen (secondary N) is 1. The van der Waals surface area contributed by atoms with Crippen LogP contribution in [0.15, 0.2) is 6.20 Å². The Morgan fingerprint density at radius 3 is 2.82 bits per heavy atom. The van der Waals surface area contributed by atoms with Crippen LogP contribution in [0.2, 0.25) is 5.28 Å². The summed E-state index contributed by atoms with van der Waals surface area (Å²) in [7, 11) is 0. The Balaban J connectivity index is 2.03. The summed E-state index contributed by atoms with van der Waals surface area (Å²) in [5, 5.41) is 3.62. The van der Waals surface area contributed by atoms with E-state index in [0.29, 0.717) is 17.5 Å². The molecule has 5 heteroatoms. The van der Waals surface area contributed by atoms with Gasteiger partial charge in [-0.25, -0.2) is 4.98 Å². The maximum Gasteiger partial charge on any atom is 0.224 e. The number of nitrogens with zero attached hydrogens (tertiary/aromatic N) is 2. The summed E-state index contributed by atoms with van der Waals surface area (Å²) in [6.45, 7) is 4.62. The highest BCUT2D eigenvalue weighted by Gasteiger charge is 2.25. The fraction of sp³-hybridized carbons (Fsp3) is 0.667. The van der Waals surface area contributed by atoms with Gasteiger partial charge in [-0.15, -0.1) is 0 Å². The van der Waals surface area contributed by atoms with Crippen molar-refractivity contribution in [3.8, 4) is 0 Å². The van der Waals surface area contributed by atoms with Gasteiger partial charge in [0, 0.05) is 6.04 Å². The second kappa shape index (κ2) is 5.08. The third-order valence-corrected chi connectivity index (χ3v) is 3.91. The molecule has 0 saturated heterocycles. The van der Waals surface area contributed by atoms with Gasteiger partial charge in [0.15, 0.2) is 5.82 Å². The summed E-state index contributed by atoms with van der Waals surface area (Å²) >= 11 is 5.77. The molecule has 1 fully saturated rings. The van der Waals surface area contributed by atoms with Crippen molar-refractivity contribution in [1.82, 2.24) is 9.97 Å². The molecule has 3 atom stereocenters. The van der Waals surface area contributed by atoms with Gasteiger partial charge in [-0.05, 0) is 42.7 Å². The summed E-state index contributed by atoms with van der Waals surface area (Å²) in [4.78, 5) is 7.98. The summed E-state index contributed by atoms with van der Waals surface area (Å²) in [6, 6.07) is 0.439. The molecule has 2 rings (SSSR count). The average Bonchev–Trinajstić information content (AvgIpc) is 2.29. The van der Waals surface area contributed by atoms with Gasteiger partial charge in [0.2, 0.25) is 5.28 Å². The molecule has 1 heterocycles. The Hall–Kier alpha value is -1.03. The zero-order chi connectivity index (χ0) is 12.4. The van der Waals surface area contributed by atoms with Crippen LogP contribution in [0.3, 0.4) is 0 Å². The molecule has 3 unspecified atom stereocenters. The van der Waals surface area contributed by atoms with Crippen molar-refractivity contribution >= 4 is 23.1 Å². The molecule has 0 spiro atoms. The number of nitrogen functional groups attached to an aromatic ring is 1. The van der Waals surface area contributed by atoms with Gasteiger partial charge in [-0.2, -0.15) is 4.98 Å². The van der Waals surface area contributed by atoms with Gasteiger partial charge >= 0.3 is 0 Å². The number of rotatable bonds is 2. The van der Waals surface area contributed by atoms with Gasteiger partial charge in [0.05, 0.1) is 11.9 Å². The molecule has 94 valence electrons. The van der Waals surface area contributed by atoms with Gasteiger partial charge < -0.3 is 11.1 Å². The van der Waals surface area contributed by atoms with Crippen molar-refractivity contribution in [2.75, 3.05) is 11.1 Å². The lowest BCUT2D eigenvalue weighted by Gasteiger charge is -2.32. The van der Waals surface area contributed by atoms with Crippen LogP contribution in [0.5, 0.6) is 0 Å². The minimum absolute atomic E-state index is 0.235. The molecule has 1 saturated carbocycles. The van der Waals surface area contributed by atoms with Crippen LogP contribution in [-0.4, -0.2) is 16.0 Å². The average molecular weight is 255 g/mol. The van der Waals surface area contributed by atoms with Crippen molar-refractivity contribution in [3.05, 3.63) is 11.5 Å². The lowest BCUT2D eigenvalue weighted by atomic mass is 9.79. The van der Waals surface area contributed by atoms with Crippen LogP contribution in [0.1, 0.15) is 33.1 Å². The highest BCUT2D eigenvalue weighted by atomic mass is 35.5. The van der Waals surface area contributed by atoms with Gasteiger partial charge in [-0.1, -0.05) is 13.8 Å². The second-order valence-corrected chi connectivity index (χ2v) is 5.39. The van der Waals surface area contributed by atoms with Crippen LogP contribution in [0, 0.1) is 11.8 Å². The number of anilines is 2. The number of hydrogen-bond donors (Lipinski definition) is 2. The quantitative estimate of drug-likeness (QED) is 0.797. The van der Waals surface area contributed by atoms with E-state index in [2.05, 4.69) is 29.1 Å². The smallest absolute Gasteiger partial charge is 0.224 e. The molecule has 3 N–H and O–H groups in total. The van der Waals surface area contributed by atoms with Crippen LogP contribution < -0.4 is 11.1 Å². The molecule has 17 heavy (non-hydrogen) atoms. The van der Waals surface area contributed by atoms with Crippen LogP contribution >= 0.6 is 11.6 Å². The monoisotopic (exact) mass is 254 g/mol. The summed E-state index contributed by atoms with van der Waals surface area (Å²) in [5.41, 5.74) is 6.38. The van der Waals surface area contributed by atoms with E-state index in [9.17, 15) is 0 Å². The lowest BCUT2D eigenvalue weighted by Crippen LogP contribution is -2.31. The topological polar surface area (TPSA) is 63.8 Å². The van der Waals surface area contributed by atoms with E-state index in [1.54, 1.807) is 6.20 Å². The van der Waals surface area contributed by atoms with Crippen molar-refractivity contribution in [2.45, 2.75) is 39.2 Å². The predicted octanol–water partition coefficient (Wildman–Crippen LogP) is 2.95. The summed E-state index contributed by atoms with van der Waals surface area (Å²) in [5.74, 6) is 2.20. The second-order valence-electron chi connectivity index (χ2n) is 5.05. The van der Waals surface area contributed by atoms with Crippen LogP contribution in [-0.2, 0) is 0 Å². The normalized spacial score (nSPS) is 29.0. The first-order valence-corrected chi connectivity index (χ1v) is 6.48. The third-order valence-electron chi connectivity index (χ3n) is 3.73. The Morgan fingerprint density at radius 1 is 1.35 bits per heavy atom. The molecule has 4 nitrogen and oxygen atoms in total. The van der Waals surface area contributed by atoms with Crippen molar-refractivity contribution in [1.29, 1.82) is 0 Å². The Bertz CT molecular complexity index is 396. The standard InChI is InChI=1S/C12H19ClN4/c1-7-3-4-9(5-8(7)2)16-11-10(14)6-15-12(13)17-11/h6-9H,3-5,14H2,1-2H3,(H,15,16,17). The highest BCUT2D eigenvalue weighted by Crippen LogP contribution is 2.31. The maximum atomic E-state index is 5.82. The first kappa shape index (κ1) is 12.4. The molecule has 0 amide bonds. The van der Waals surface area contributed by atoms with Crippen molar-refractivity contribution in [2.24, 2.45) is 11.8 Å². The van der Waals surface area contributed by atoms with Crippen molar-refractivity contribution in [3.63, 3.8) is 0 Å². The van der Waals surface area contributed by atoms with E-state index in [1.807, 2.05) is 0 Å². The van der Waals surface area contributed by atoms with Crippen LogP contribution in [0.4, 0.5) is 11.5 Å². The molecule has 0 aromatic carbocycles. The Kier molecular flexibility index (Phi) is 3.72. The lowest BCUT2D eigenvalue weighted by molar-refractivity contribution is 0.260. The molecule has 0 aliphatic heterocycles. The van der Waals surface area contributed by atoms with E-state index in [4.69, 9.17) is 17.3 Å². The molecule has 1 aromatic rings. The minimum Gasteiger partial charge on any atom is -0.394 e. The highest BCUT2D eigenvalue weighted by molar-refractivity contribution is 6.28.